The second kappa shape index (κ2) is 22.9. The number of rotatable bonds is 22. The zero-order valence-corrected chi connectivity index (χ0v) is 42.5. The molecular formula is C67H75NO. The number of hydrogen-bond donors (Lipinski definition) is 0. The average Bonchev–Trinajstić information content (AvgIpc) is 3.63. The molecule has 0 N–H and O–H groups in total. The molecule has 0 aliphatic heterocycles. The molecule has 354 valence electrons. The van der Waals surface area contributed by atoms with Gasteiger partial charge in [0.15, 0.2) is 5.78 Å². The number of allylic oxidation sites excluding steroid dienone is 1. The van der Waals surface area contributed by atoms with Crippen molar-refractivity contribution in [1.82, 2.24) is 0 Å². The Hall–Kier alpha value is -6.25. The zero-order valence-electron chi connectivity index (χ0n) is 42.5. The Morgan fingerprint density at radius 3 is 1.58 bits per heavy atom. The Balaban J connectivity index is 1.14. The lowest BCUT2D eigenvalue weighted by Gasteiger charge is -2.33. The van der Waals surface area contributed by atoms with E-state index in [0.29, 0.717) is 5.56 Å². The molecule has 0 fully saturated rings. The van der Waals surface area contributed by atoms with E-state index in [0.717, 1.165) is 22.6 Å². The lowest BCUT2D eigenvalue weighted by molar-refractivity contribution is 0.104. The van der Waals surface area contributed by atoms with Crippen molar-refractivity contribution in [3.8, 4) is 33.4 Å². The van der Waals surface area contributed by atoms with Crippen molar-refractivity contribution in [2.45, 2.75) is 142 Å². The first-order valence-corrected chi connectivity index (χ1v) is 26.3. The van der Waals surface area contributed by atoms with Gasteiger partial charge in [0.05, 0.1) is 0 Å². The first-order chi connectivity index (χ1) is 33.6. The van der Waals surface area contributed by atoms with Crippen LogP contribution in [0.15, 0.2) is 170 Å². The van der Waals surface area contributed by atoms with Crippen LogP contribution in [0.25, 0.3) is 39.5 Å². The van der Waals surface area contributed by atoms with Crippen LogP contribution in [0.3, 0.4) is 0 Å². The molecule has 0 saturated heterocycles. The van der Waals surface area contributed by atoms with Crippen molar-refractivity contribution < 1.29 is 4.79 Å². The highest BCUT2D eigenvalue weighted by molar-refractivity contribution is 6.06. The lowest BCUT2D eigenvalue weighted by Crippen LogP contribution is -2.25. The van der Waals surface area contributed by atoms with Crippen LogP contribution >= 0.6 is 0 Å². The van der Waals surface area contributed by atoms with Crippen LogP contribution in [0.2, 0.25) is 0 Å². The SMILES string of the molecule is CCCCCCCCC1(CCCCCCCC)c2cc(C)ccc2-c2ccc(-c3ccc(N(c4ccc(-c5ccc(C(C)(C)C)cc5)cc4)c4cccc(/C=C/C(=O)c5ccccc5)c4)cc3)cc21. The van der Waals surface area contributed by atoms with E-state index < -0.39 is 0 Å². The number of unbranched alkanes of at least 4 members (excludes halogenated alkanes) is 10. The summed E-state index contributed by atoms with van der Waals surface area (Å²) in [6.45, 7) is 13.7. The van der Waals surface area contributed by atoms with E-state index in [2.05, 4.69) is 180 Å². The highest BCUT2D eigenvalue weighted by Gasteiger charge is 2.42. The lowest BCUT2D eigenvalue weighted by atomic mass is 9.70. The third-order valence-electron chi connectivity index (χ3n) is 14.7. The van der Waals surface area contributed by atoms with Crippen molar-refractivity contribution in [2.24, 2.45) is 0 Å². The minimum atomic E-state index is -0.00724. The first kappa shape index (κ1) is 49.2. The normalized spacial score (nSPS) is 12.8. The zero-order chi connectivity index (χ0) is 48.2. The molecule has 1 aliphatic carbocycles. The predicted molar refractivity (Wildman–Crippen MR) is 297 cm³/mol. The van der Waals surface area contributed by atoms with E-state index in [1.807, 2.05) is 36.4 Å². The van der Waals surface area contributed by atoms with Gasteiger partial charge in [0, 0.05) is 28.0 Å². The summed E-state index contributed by atoms with van der Waals surface area (Å²) in [4.78, 5) is 15.4. The standard InChI is InChI=1S/C67H75NO/c1-7-9-11-13-15-20-45-67(46-21-16-14-12-10-8-2)63-47-50(3)27-42-61(63)62-43-35-56(49-64(62)67)54-33-40-59(41-34-54)68(58-38-31-53(32-39-58)52-29-36-57(37-30-52)66(4,5)6)60-26-22-23-51(48-60)28-44-65(69)55-24-18-17-19-25-55/h17-19,22-44,47-49H,7-16,20-21,45-46H2,1-6H3/b44-28+. The van der Waals surface area contributed by atoms with E-state index in [4.69, 9.17) is 0 Å². The minimum Gasteiger partial charge on any atom is -0.310 e. The maximum atomic E-state index is 13.1. The molecule has 0 spiro atoms. The maximum absolute atomic E-state index is 13.1. The van der Waals surface area contributed by atoms with Crippen LogP contribution in [0.1, 0.15) is 163 Å². The van der Waals surface area contributed by atoms with Crippen molar-refractivity contribution in [1.29, 1.82) is 0 Å². The number of aryl methyl sites for hydroxylation is 1. The summed E-state index contributed by atoms with van der Waals surface area (Å²) in [6, 6.07) is 59.7. The molecule has 0 bridgehead atoms. The molecule has 0 saturated carbocycles. The summed E-state index contributed by atoms with van der Waals surface area (Å²) < 4.78 is 0. The molecule has 7 aromatic rings. The van der Waals surface area contributed by atoms with E-state index in [9.17, 15) is 4.79 Å². The van der Waals surface area contributed by atoms with Gasteiger partial charge in [-0.25, -0.2) is 0 Å². The summed E-state index contributed by atoms with van der Waals surface area (Å²) >= 11 is 0. The van der Waals surface area contributed by atoms with E-state index in [-0.39, 0.29) is 16.6 Å². The first-order valence-electron chi connectivity index (χ1n) is 26.3. The molecule has 0 unspecified atom stereocenters. The molecule has 8 rings (SSSR count). The van der Waals surface area contributed by atoms with Crippen molar-refractivity contribution >= 4 is 28.9 Å². The number of benzene rings is 7. The van der Waals surface area contributed by atoms with Crippen LogP contribution in [0, 0.1) is 6.92 Å². The Morgan fingerprint density at radius 2 is 1.00 bits per heavy atom. The van der Waals surface area contributed by atoms with Crippen LogP contribution in [-0.4, -0.2) is 5.78 Å². The monoisotopic (exact) mass is 910 g/mol. The Bertz CT molecular complexity index is 2770. The molecule has 69 heavy (non-hydrogen) atoms. The molecule has 0 heterocycles. The van der Waals surface area contributed by atoms with Gasteiger partial charge in [-0.2, -0.15) is 0 Å². The molecule has 0 aromatic heterocycles. The Kier molecular flexibility index (Phi) is 16.3. The van der Waals surface area contributed by atoms with E-state index in [1.54, 1.807) is 11.6 Å². The van der Waals surface area contributed by atoms with Crippen molar-refractivity contribution in [3.63, 3.8) is 0 Å². The quantitative estimate of drug-likeness (QED) is 0.0384. The van der Waals surface area contributed by atoms with E-state index in [1.165, 1.54) is 140 Å². The fourth-order valence-corrected chi connectivity index (χ4v) is 10.7. The highest BCUT2D eigenvalue weighted by atomic mass is 16.1. The molecule has 0 atom stereocenters. The third kappa shape index (κ3) is 11.8. The van der Waals surface area contributed by atoms with Gasteiger partial charge < -0.3 is 4.90 Å². The summed E-state index contributed by atoms with van der Waals surface area (Å²) in [5, 5.41) is 0. The number of fused-ring (bicyclic) bond motifs is 3. The largest absolute Gasteiger partial charge is 0.310 e. The molecule has 2 heteroatoms. The van der Waals surface area contributed by atoms with E-state index >= 15 is 0 Å². The van der Waals surface area contributed by atoms with Gasteiger partial charge >= 0.3 is 0 Å². The van der Waals surface area contributed by atoms with Gasteiger partial charge in [-0.1, -0.05) is 245 Å². The van der Waals surface area contributed by atoms with Crippen molar-refractivity contribution in [3.05, 3.63) is 203 Å². The van der Waals surface area contributed by atoms with Gasteiger partial charge in [-0.05, 0) is 129 Å². The molecule has 2 nitrogen and oxygen atoms in total. The number of anilines is 3. The summed E-state index contributed by atoms with van der Waals surface area (Å²) in [6.07, 6.45) is 21.8. The molecule has 0 radical (unpaired) electrons. The second-order valence-corrected chi connectivity index (χ2v) is 20.8. The second-order valence-electron chi connectivity index (χ2n) is 20.8. The number of carbonyl (C=O) groups excluding carboxylic acids is 1. The van der Waals surface area contributed by atoms with Gasteiger partial charge in [-0.3, -0.25) is 4.79 Å². The van der Waals surface area contributed by atoms with Crippen LogP contribution in [0.4, 0.5) is 17.1 Å². The van der Waals surface area contributed by atoms with Crippen LogP contribution < -0.4 is 4.90 Å². The Labute approximate surface area is 415 Å². The molecule has 0 amide bonds. The van der Waals surface area contributed by atoms with Gasteiger partial charge in [0.2, 0.25) is 0 Å². The summed E-state index contributed by atoms with van der Waals surface area (Å²) in [5.41, 5.74) is 18.5. The van der Waals surface area contributed by atoms with Crippen LogP contribution in [-0.2, 0) is 10.8 Å². The smallest absolute Gasteiger partial charge is 0.185 e. The average molecular weight is 910 g/mol. The summed E-state index contributed by atoms with van der Waals surface area (Å²) in [5.74, 6) is -0.00724. The number of ketones is 1. The highest BCUT2D eigenvalue weighted by Crippen LogP contribution is 2.55. The third-order valence-corrected chi connectivity index (χ3v) is 14.7. The fourth-order valence-electron chi connectivity index (χ4n) is 10.7. The Morgan fingerprint density at radius 1 is 0.493 bits per heavy atom. The number of hydrogen-bond acceptors (Lipinski definition) is 2. The number of nitrogens with zero attached hydrogens (tertiary/aromatic N) is 1. The minimum absolute atomic E-state index is 0.00724. The summed E-state index contributed by atoms with van der Waals surface area (Å²) in [7, 11) is 0. The van der Waals surface area contributed by atoms with Gasteiger partial charge in [0.1, 0.15) is 0 Å². The van der Waals surface area contributed by atoms with Crippen LogP contribution in [0.5, 0.6) is 0 Å². The van der Waals surface area contributed by atoms with Gasteiger partial charge in [-0.15, -0.1) is 0 Å². The van der Waals surface area contributed by atoms with Crippen molar-refractivity contribution in [2.75, 3.05) is 4.90 Å². The topological polar surface area (TPSA) is 20.3 Å². The van der Waals surface area contributed by atoms with Gasteiger partial charge in [0.25, 0.3) is 0 Å². The number of carbonyl (C=O) groups is 1. The maximum Gasteiger partial charge on any atom is 0.185 e. The fraction of sp³-hybridized carbons (Fsp3) is 0.328. The predicted octanol–water partition coefficient (Wildman–Crippen LogP) is 19.8. The molecular weight excluding hydrogens is 835 g/mol. The molecule has 7 aromatic carbocycles. The molecule has 1 aliphatic rings.